The molecule has 1 aliphatic carbocycles. The molecule has 0 N–H and O–H groups in total. The Morgan fingerprint density at radius 3 is 2.55 bits per heavy atom. The van der Waals surface area contributed by atoms with Crippen LogP contribution in [0.2, 0.25) is 0 Å². The molecule has 1 unspecified atom stereocenters. The average molecular weight is 156 g/mol. The molecule has 1 aliphatic heterocycles. The van der Waals surface area contributed by atoms with E-state index in [9.17, 15) is 4.79 Å². The molecule has 1 atom stereocenters. The van der Waals surface area contributed by atoms with Crippen molar-refractivity contribution in [3.05, 3.63) is 0 Å². The third kappa shape index (κ3) is 1.30. The first kappa shape index (κ1) is 7.25. The van der Waals surface area contributed by atoms with Crippen LogP contribution in [0.1, 0.15) is 19.3 Å². The van der Waals surface area contributed by atoms with Crippen LogP contribution in [-0.2, 0) is 14.3 Å². The summed E-state index contributed by atoms with van der Waals surface area (Å²) < 4.78 is 10.5. The minimum Gasteiger partial charge on any atom is -0.349 e. The molecule has 0 spiro atoms. The predicted octanol–water partition coefficient (Wildman–Crippen LogP) is 0.728. The number of carbonyl (C=O) groups excluding carboxylic acids is 1. The molecule has 62 valence electrons. The molecule has 1 saturated carbocycles. The van der Waals surface area contributed by atoms with Gasteiger partial charge in [0.25, 0.3) is 0 Å². The first-order valence-corrected chi connectivity index (χ1v) is 4.14. The van der Waals surface area contributed by atoms with Crippen LogP contribution < -0.4 is 0 Å². The fraction of sp³-hybridized carbons (Fsp3) is 0.875. The van der Waals surface area contributed by atoms with Gasteiger partial charge in [-0.1, -0.05) is 0 Å². The quantitative estimate of drug-likeness (QED) is 0.561. The van der Waals surface area contributed by atoms with Crippen molar-refractivity contribution in [1.82, 2.24) is 0 Å². The molecule has 1 saturated heterocycles. The van der Waals surface area contributed by atoms with Crippen molar-refractivity contribution in [3.8, 4) is 0 Å². The molecule has 0 bridgehead atoms. The lowest BCUT2D eigenvalue weighted by atomic mass is 10.1. The van der Waals surface area contributed by atoms with Gasteiger partial charge in [0.2, 0.25) is 0 Å². The number of Topliss-reactive ketones (excluding diaryl/α,β-unsaturated/α-hetero) is 1. The zero-order valence-corrected chi connectivity index (χ0v) is 6.41. The maximum absolute atomic E-state index is 11.2. The molecular weight excluding hydrogens is 144 g/mol. The zero-order chi connectivity index (χ0) is 7.68. The Balaban J connectivity index is 1.97. The summed E-state index contributed by atoms with van der Waals surface area (Å²) in [5.41, 5.74) is 0. The van der Waals surface area contributed by atoms with Crippen LogP contribution in [0.4, 0.5) is 0 Å². The summed E-state index contributed by atoms with van der Waals surface area (Å²) in [6, 6.07) is 0. The summed E-state index contributed by atoms with van der Waals surface area (Å²) in [4.78, 5) is 11.2. The number of hydrogen-bond acceptors (Lipinski definition) is 3. The standard InChI is InChI=1S/C8H12O3/c9-7-3-1-2-6(7)8-10-4-5-11-8/h6,8H,1-5H2. The highest BCUT2D eigenvalue weighted by Gasteiger charge is 2.35. The van der Waals surface area contributed by atoms with Crippen LogP contribution in [0, 0.1) is 5.92 Å². The second-order valence-electron chi connectivity index (χ2n) is 3.08. The van der Waals surface area contributed by atoms with Gasteiger partial charge in [0.05, 0.1) is 19.1 Å². The van der Waals surface area contributed by atoms with Crippen molar-refractivity contribution >= 4 is 5.78 Å². The van der Waals surface area contributed by atoms with Crippen LogP contribution in [-0.4, -0.2) is 25.3 Å². The molecule has 11 heavy (non-hydrogen) atoms. The molecule has 2 rings (SSSR count). The molecule has 0 radical (unpaired) electrons. The second kappa shape index (κ2) is 2.91. The second-order valence-corrected chi connectivity index (χ2v) is 3.08. The van der Waals surface area contributed by atoms with E-state index in [4.69, 9.17) is 9.47 Å². The lowest BCUT2D eigenvalue weighted by Crippen LogP contribution is -2.24. The van der Waals surface area contributed by atoms with Crippen LogP contribution in [0.15, 0.2) is 0 Å². The van der Waals surface area contributed by atoms with E-state index in [2.05, 4.69) is 0 Å². The minimum absolute atomic E-state index is 0.0394. The molecule has 0 aromatic heterocycles. The molecule has 3 nitrogen and oxygen atoms in total. The first-order valence-electron chi connectivity index (χ1n) is 4.14. The van der Waals surface area contributed by atoms with E-state index in [-0.39, 0.29) is 12.2 Å². The summed E-state index contributed by atoms with van der Waals surface area (Å²) >= 11 is 0. The summed E-state index contributed by atoms with van der Waals surface area (Å²) in [6.45, 7) is 1.29. The van der Waals surface area contributed by atoms with Gasteiger partial charge in [0, 0.05) is 6.42 Å². The zero-order valence-electron chi connectivity index (χ0n) is 6.41. The number of ether oxygens (including phenoxy) is 2. The van der Waals surface area contributed by atoms with Gasteiger partial charge in [-0.3, -0.25) is 4.79 Å². The smallest absolute Gasteiger partial charge is 0.167 e. The van der Waals surface area contributed by atoms with Gasteiger partial charge in [0.15, 0.2) is 6.29 Å². The molecule has 0 amide bonds. The van der Waals surface area contributed by atoms with Crippen molar-refractivity contribution in [2.45, 2.75) is 25.6 Å². The molecule has 1 heterocycles. The predicted molar refractivity (Wildman–Crippen MR) is 38.0 cm³/mol. The third-order valence-electron chi connectivity index (χ3n) is 2.33. The van der Waals surface area contributed by atoms with E-state index in [0.717, 1.165) is 12.8 Å². The first-order chi connectivity index (χ1) is 5.38. The van der Waals surface area contributed by atoms with Gasteiger partial charge in [-0.15, -0.1) is 0 Å². The Morgan fingerprint density at radius 1 is 1.27 bits per heavy atom. The lowest BCUT2D eigenvalue weighted by molar-refractivity contribution is -0.135. The molecule has 2 fully saturated rings. The monoisotopic (exact) mass is 156 g/mol. The Labute approximate surface area is 65.7 Å². The van der Waals surface area contributed by atoms with E-state index in [1.54, 1.807) is 0 Å². The number of ketones is 1. The molecule has 2 aliphatic rings. The number of rotatable bonds is 1. The highest BCUT2D eigenvalue weighted by atomic mass is 16.7. The maximum atomic E-state index is 11.2. The Kier molecular flexibility index (Phi) is 1.92. The van der Waals surface area contributed by atoms with Crippen molar-refractivity contribution in [3.63, 3.8) is 0 Å². The normalized spacial score (nSPS) is 33.5. The topological polar surface area (TPSA) is 35.5 Å². The van der Waals surface area contributed by atoms with Crippen molar-refractivity contribution in [2.24, 2.45) is 5.92 Å². The van der Waals surface area contributed by atoms with Gasteiger partial charge in [-0.25, -0.2) is 0 Å². The summed E-state index contributed by atoms with van der Waals surface area (Å²) in [7, 11) is 0. The fourth-order valence-electron chi connectivity index (χ4n) is 1.74. The molecule has 3 heteroatoms. The molecule has 0 aromatic rings. The van der Waals surface area contributed by atoms with Crippen LogP contribution in [0.3, 0.4) is 0 Å². The highest BCUT2D eigenvalue weighted by molar-refractivity contribution is 5.83. The minimum atomic E-state index is -0.218. The van der Waals surface area contributed by atoms with Gasteiger partial charge >= 0.3 is 0 Å². The maximum Gasteiger partial charge on any atom is 0.167 e. The van der Waals surface area contributed by atoms with Crippen molar-refractivity contribution in [2.75, 3.05) is 13.2 Å². The lowest BCUT2D eigenvalue weighted by Gasteiger charge is -2.14. The summed E-state index contributed by atoms with van der Waals surface area (Å²) in [5, 5.41) is 0. The Morgan fingerprint density at radius 2 is 2.00 bits per heavy atom. The van der Waals surface area contributed by atoms with Crippen molar-refractivity contribution in [1.29, 1.82) is 0 Å². The third-order valence-corrected chi connectivity index (χ3v) is 2.33. The van der Waals surface area contributed by atoms with E-state index >= 15 is 0 Å². The van der Waals surface area contributed by atoms with Gasteiger partial charge in [-0.2, -0.15) is 0 Å². The van der Waals surface area contributed by atoms with E-state index in [1.807, 2.05) is 0 Å². The van der Waals surface area contributed by atoms with Crippen LogP contribution in [0.25, 0.3) is 0 Å². The van der Waals surface area contributed by atoms with Crippen LogP contribution in [0.5, 0.6) is 0 Å². The van der Waals surface area contributed by atoms with Crippen LogP contribution >= 0.6 is 0 Å². The van der Waals surface area contributed by atoms with Gasteiger partial charge in [-0.05, 0) is 12.8 Å². The summed E-state index contributed by atoms with van der Waals surface area (Å²) in [6.07, 6.45) is 2.45. The largest absolute Gasteiger partial charge is 0.349 e. The van der Waals surface area contributed by atoms with Gasteiger partial charge < -0.3 is 9.47 Å². The Hall–Kier alpha value is -0.410. The molecular formula is C8H12O3. The highest BCUT2D eigenvalue weighted by Crippen LogP contribution is 2.28. The SMILES string of the molecule is O=C1CCCC1C1OCCO1. The molecule has 0 aromatic carbocycles. The van der Waals surface area contributed by atoms with Gasteiger partial charge in [0.1, 0.15) is 5.78 Å². The Bertz CT molecular complexity index is 161. The van der Waals surface area contributed by atoms with E-state index in [1.165, 1.54) is 0 Å². The van der Waals surface area contributed by atoms with Crippen molar-refractivity contribution < 1.29 is 14.3 Å². The number of hydrogen-bond donors (Lipinski definition) is 0. The van der Waals surface area contributed by atoms with E-state index < -0.39 is 0 Å². The summed E-state index contributed by atoms with van der Waals surface area (Å²) in [5.74, 6) is 0.356. The average Bonchev–Trinajstić information content (AvgIpc) is 2.55. The fourth-order valence-corrected chi connectivity index (χ4v) is 1.74. The number of carbonyl (C=O) groups is 1. The van der Waals surface area contributed by atoms with E-state index in [0.29, 0.717) is 25.4 Å².